The lowest BCUT2D eigenvalue weighted by atomic mass is 10.2. The summed E-state index contributed by atoms with van der Waals surface area (Å²) in [6.45, 7) is 6.82. The number of hydrogen-bond donors (Lipinski definition) is 1. The van der Waals surface area contributed by atoms with Crippen LogP contribution in [-0.4, -0.2) is 43.5 Å². The van der Waals surface area contributed by atoms with E-state index in [9.17, 15) is 13.2 Å². The van der Waals surface area contributed by atoms with Crippen LogP contribution in [0.4, 0.5) is 0 Å². The van der Waals surface area contributed by atoms with Crippen LogP contribution in [0.3, 0.4) is 0 Å². The van der Waals surface area contributed by atoms with Crippen molar-refractivity contribution in [2.45, 2.75) is 18.7 Å². The van der Waals surface area contributed by atoms with Gasteiger partial charge in [0.25, 0.3) is 0 Å². The van der Waals surface area contributed by atoms with Crippen LogP contribution in [0.1, 0.15) is 12.5 Å². The topological polar surface area (TPSA) is 83.9 Å². The number of hydrogen-bond acceptors (Lipinski definition) is 4. The molecule has 0 heterocycles. The quantitative estimate of drug-likeness (QED) is 0.738. The van der Waals surface area contributed by atoms with Crippen LogP contribution >= 0.6 is 0 Å². The molecule has 0 bridgehead atoms. The Bertz CT molecular complexity index is 624. The highest BCUT2D eigenvalue weighted by atomic mass is 32.2. The Morgan fingerprint density at radius 1 is 1.48 bits per heavy atom. The minimum atomic E-state index is -3.89. The Hall–Kier alpha value is -1.86. The molecular formula is C14H19NO5S. The van der Waals surface area contributed by atoms with E-state index in [1.54, 1.807) is 13.0 Å². The Labute approximate surface area is 124 Å². The van der Waals surface area contributed by atoms with Crippen molar-refractivity contribution in [2.75, 3.05) is 19.7 Å². The fourth-order valence-corrected chi connectivity index (χ4v) is 3.24. The van der Waals surface area contributed by atoms with Gasteiger partial charge in [-0.15, -0.1) is 6.58 Å². The molecule has 6 nitrogen and oxygen atoms in total. The fourth-order valence-electron chi connectivity index (χ4n) is 1.79. The summed E-state index contributed by atoms with van der Waals surface area (Å²) in [5, 5.41) is 8.83. The third-order valence-corrected chi connectivity index (χ3v) is 4.54. The van der Waals surface area contributed by atoms with Gasteiger partial charge in [0, 0.05) is 6.54 Å². The smallest absolute Gasteiger partial charge is 0.318 e. The maximum absolute atomic E-state index is 12.5. The molecule has 0 fully saturated rings. The van der Waals surface area contributed by atoms with E-state index in [2.05, 4.69) is 6.58 Å². The zero-order valence-corrected chi connectivity index (χ0v) is 12.9. The van der Waals surface area contributed by atoms with Crippen LogP contribution in [0, 0.1) is 6.92 Å². The van der Waals surface area contributed by atoms with Crippen molar-refractivity contribution in [2.24, 2.45) is 0 Å². The maximum atomic E-state index is 12.5. The second kappa shape index (κ2) is 7.24. The zero-order valence-electron chi connectivity index (χ0n) is 12.1. The highest BCUT2D eigenvalue weighted by Gasteiger charge is 2.26. The van der Waals surface area contributed by atoms with Crippen molar-refractivity contribution in [1.29, 1.82) is 0 Å². The summed E-state index contributed by atoms with van der Waals surface area (Å²) in [7, 11) is -3.89. The van der Waals surface area contributed by atoms with E-state index >= 15 is 0 Å². The van der Waals surface area contributed by atoms with Crippen LogP contribution in [0.2, 0.25) is 0 Å². The lowest BCUT2D eigenvalue weighted by Crippen LogP contribution is -2.35. The third-order valence-electron chi connectivity index (χ3n) is 2.73. The molecule has 7 heteroatoms. The molecule has 21 heavy (non-hydrogen) atoms. The van der Waals surface area contributed by atoms with Crippen molar-refractivity contribution in [3.8, 4) is 5.75 Å². The minimum Gasteiger partial charge on any atom is -0.494 e. The molecule has 0 amide bonds. The molecule has 1 N–H and O–H groups in total. The minimum absolute atomic E-state index is 0.0338. The van der Waals surface area contributed by atoms with Crippen molar-refractivity contribution in [1.82, 2.24) is 4.31 Å². The summed E-state index contributed by atoms with van der Waals surface area (Å²) >= 11 is 0. The molecule has 1 rings (SSSR count). The average molecular weight is 313 g/mol. The molecule has 1 aromatic carbocycles. The third kappa shape index (κ3) is 4.30. The molecule has 0 radical (unpaired) electrons. The number of carboxylic acid groups (broad SMARTS) is 1. The monoisotopic (exact) mass is 313 g/mol. The van der Waals surface area contributed by atoms with Crippen LogP contribution < -0.4 is 4.74 Å². The second-order valence-electron chi connectivity index (χ2n) is 4.34. The first-order chi connectivity index (χ1) is 9.82. The van der Waals surface area contributed by atoms with Crippen molar-refractivity contribution in [3.63, 3.8) is 0 Å². The zero-order chi connectivity index (χ0) is 16.0. The molecule has 116 valence electrons. The first-order valence-electron chi connectivity index (χ1n) is 6.39. The van der Waals surface area contributed by atoms with Gasteiger partial charge in [-0.1, -0.05) is 6.08 Å². The van der Waals surface area contributed by atoms with Crippen LogP contribution in [0.15, 0.2) is 35.7 Å². The number of sulfonamides is 1. The highest BCUT2D eigenvalue weighted by molar-refractivity contribution is 7.89. The van der Waals surface area contributed by atoms with Gasteiger partial charge in [-0.3, -0.25) is 4.79 Å². The largest absolute Gasteiger partial charge is 0.494 e. The molecular weight excluding hydrogens is 294 g/mol. The predicted molar refractivity (Wildman–Crippen MR) is 78.9 cm³/mol. The lowest BCUT2D eigenvalue weighted by molar-refractivity contribution is -0.137. The van der Waals surface area contributed by atoms with Crippen molar-refractivity contribution < 1.29 is 23.1 Å². The van der Waals surface area contributed by atoms with Crippen LogP contribution in [0.25, 0.3) is 0 Å². The second-order valence-corrected chi connectivity index (χ2v) is 6.28. The first-order valence-corrected chi connectivity index (χ1v) is 7.83. The van der Waals surface area contributed by atoms with Gasteiger partial charge in [0.05, 0.1) is 11.5 Å². The number of benzene rings is 1. The predicted octanol–water partition coefficient (Wildman–Crippen LogP) is 1.66. The number of carboxylic acids is 1. The van der Waals surface area contributed by atoms with E-state index in [1.807, 2.05) is 6.92 Å². The molecule has 0 aliphatic heterocycles. The van der Waals surface area contributed by atoms with Gasteiger partial charge >= 0.3 is 5.97 Å². The summed E-state index contributed by atoms with van der Waals surface area (Å²) < 4.78 is 31.1. The Morgan fingerprint density at radius 3 is 2.62 bits per heavy atom. The normalized spacial score (nSPS) is 11.4. The van der Waals surface area contributed by atoms with Gasteiger partial charge in [0.1, 0.15) is 12.3 Å². The molecule has 0 aromatic heterocycles. The van der Waals surface area contributed by atoms with Gasteiger partial charge in [-0.25, -0.2) is 8.42 Å². The van der Waals surface area contributed by atoms with E-state index in [0.717, 1.165) is 4.31 Å². The average Bonchev–Trinajstić information content (AvgIpc) is 2.40. The fraction of sp³-hybridized carbons (Fsp3) is 0.357. The SMILES string of the molecule is C=CCN(CC(=O)O)S(=O)(=O)c1ccc(OCC)c(C)c1. The van der Waals surface area contributed by atoms with Crippen molar-refractivity contribution >= 4 is 16.0 Å². The van der Waals surface area contributed by atoms with Crippen LogP contribution in [0.5, 0.6) is 5.75 Å². The van der Waals surface area contributed by atoms with Gasteiger partial charge in [0.15, 0.2) is 0 Å². The lowest BCUT2D eigenvalue weighted by Gasteiger charge is -2.19. The van der Waals surface area contributed by atoms with E-state index in [-0.39, 0.29) is 11.4 Å². The molecule has 0 aliphatic rings. The molecule has 0 atom stereocenters. The van der Waals surface area contributed by atoms with Gasteiger partial charge in [-0.2, -0.15) is 4.31 Å². The molecule has 0 saturated heterocycles. The van der Waals surface area contributed by atoms with E-state index in [1.165, 1.54) is 18.2 Å². The summed E-state index contributed by atoms with van der Waals surface area (Å²) in [6.07, 6.45) is 1.35. The van der Waals surface area contributed by atoms with E-state index < -0.39 is 22.5 Å². The van der Waals surface area contributed by atoms with E-state index in [4.69, 9.17) is 9.84 Å². The number of nitrogens with zero attached hydrogens (tertiary/aromatic N) is 1. The molecule has 1 aromatic rings. The Kier molecular flexibility index (Phi) is 5.92. The number of aliphatic carboxylic acids is 1. The Balaban J connectivity index is 3.18. The summed E-state index contributed by atoms with van der Waals surface area (Å²) in [4.78, 5) is 10.8. The number of ether oxygens (including phenoxy) is 1. The Morgan fingerprint density at radius 2 is 2.14 bits per heavy atom. The summed E-state index contributed by atoms with van der Waals surface area (Å²) in [5.74, 6) is -0.618. The number of carbonyl (C=O) groups is 1. The van der Waals surface area contributed by atoms with Crippen molar-refractivity contribution in [3.05, 3.63) is 36.4 Å². The first kappa shape index (κ1) is 17.2. The molecule has 0 unspecified atom stereocenters. The van der Waals surface area contributed by atoms with Crippen LogP contribution in [-0.2, 0) is 14.8 Å². The molecule has 0 spiro atoms. The number of aryl methyl sites for hydroxylation is 1. The van der Waals surface area contributed by atoms with Gasteiger partial charge < -0.3 is 9.84 Å². The molecule has 0 saturated carbocycles. The molecule has 0 aliphatic carbocycles. The van der Waals surface area contributed by atoms with Gasteiger partial charge in [-0.05, 0) is 37.6 Å². The highest BCUT2D eigenvalue weighted by Crippen LogP contribution is 2.24. The van der Waals surface area contributed by atoms with Gasteiger partial charge in [0.2, 0.25) is 10.0 Å². The maximum Gasteiger partial charge on any atom is 0.318 e. The number of rotatable bonds is 8. The standard InChI is InChI=1S/C14H19NO5S/c1-4-8-15(10-14(16)17)21(18,19)12-6-7-13(20-5-2)11(3)9-12/h4,6-7,9H,1,5,8,10H2,2-3H3,(H,16,17). The van der Waals surface area contributed by atoms with E-state index in [0.29, 0.717) is 17.9 Å². The summed E-state index contributed by atoms with van der Waals surface area (Å²) in [6, 6.07) is 4.45. The summed E-state index contributed by atoms with van der Waals surface area (Å²) in [5.41, 5.74) is 0.673.